The van der Waals surface area contributed by atoms with Gasteiger partial charge >= 0.3 is 10.3 Å². The maximum Gasteiger partial charge on any atom is 0.333 e. The van der Waals surface area contributed by atoms with E-state index in [2.05, 4.69) is 56.8 Å². The molecule has 3 N–H and O–H groups in total. The standard InChI is InChI=1S/C32H45ClN4O5S2Si/c1-19(2)45(20(3)4,21(5)6)42-29-15-26(14-24(29)17-41-44(34,39)40)37-32-28(16-35-18-36-32)30(38)31-22(7)11-27(43-31)13-23-9-8-10-25(33)12-23/h8-12,16,18-21,24,26,29H,13-15,17H2,1-7H3,(H2,34,39,40)(H,35,36,37)/t24-,26-,29+/m1/s1. The zero-order valence-corrected chi connectivity index (χ0v) is 30.4. The van der Waals surface area contributed by atoms with Gasteiger partial charge in [0.2, 0.25) is 14.1 Å². The van der Waals surface area contributed by atoms with Crippen molar-refractivity contribution in [1.29, 1.82) is 0 Å². The second kappa shape index (κ2) is 14.7. The number of anilines is 1. The molecule has 1 aromatic carbocycles. The number of benzene rings is 1. The van der Waals surface area contributed by atoms with Crippen LogP contribution in [0.2, 0.25) is 21.6 Å². The fourth-order valence-corrected chi connectivity index (χ4v) is 14.4. The number of rotatable bonds is 14. The lowest BCUT2D eigenvalue weighted by Gasteiger charge is -2.45. The number of carbonyl (C=O) groups is 1. The smallest absolute Gasteiger partial charge is 0.333 e. The van der Waals surface area contributed by atoms with Crippen molar-refractivity contribution < 1.29 is 21.8 Å². The lowest BCUT2D eigenvalue weighted by Crippen LogP contribution is -2.51. The van der Waals surface area contributed by atoms with Crippen LogP contribution in [0.4, 0.5) is 5.82 Å². The van der Waals surface area contributed by atoms with Crippen LogP contribution in [0.15, 0.2) is 42.9 Å². The summed E-state index contributed by atoms with van der Waals surface area (Å²) >= 11 is 7.64. The highest BCUT2D eigenvalue weighted by atomic mass is 35.5. The maximum absolute atomic E-state index is 13.9. The third-order valence-corrected chi connectivity index (χ3v) is 16.9. The summed E-state index contributed by atoms with van der Waals surface area (Å²) < 4.78 is 35.7. The second-order valence-corrected chi connectivity index (χ2v) is 21.2. The molecular weight excluding hydrogens is 648 g/mol. The number of aryl methyl sites for hydroxylation is 1. The molecule has 0 unspecified atom stereocenters. The highest BCUT2D eigenvalue weighted by Gasteiger charge is 2.49. The van der Waals surface area contributed by atoms with Gasteiger partial charge < -0.3 is 9.74 Å². The Morgan fingerprint density at radius 2 is 1.82 bits per heavy atom. The van der Waals surface area contributed by atoms with Gasteiger partial charge in [0.25, 0.3) is 0 Å². The lowest BCUT2D eigenvalue weighted by atomic mass is 10.1. The SMILES string of the molecule is Cc1cc(Cc2cccc(Cl)c2)sc1C(=O)c1cncnc1N[C@@H]1C[C@H](COS(N)(=O)=O)[C@@H](O[Si](C(C)C)(C(C)C)C(C)C)C1. The van der Waals surface area contributed by atoms with E-state index in [9.17, 15) is 13.2 Å². The summed E-state index contributed by atoms with van der Waals surface area (Å²) in [7, 11) is -6.40. The molecule has 1 saturated carbocycles. The average Bonchev–Trinajstić information content (AvgIpc) is 3.51. The summed E-state index contributed by atoms with van der Waals surface area (Å²) in [5.74, 6) is 0.0817. The second-order valence-electron chi connectivity index (χ2n) is 13.0. The quantitative estimate of drug-likeness (QED) is 0.133. The normalized spacial score (nSPS) is 19.2. The van der Waals surface area contributed by atoms with Crippen LogP contribution in [0.3, 0.4) is 0 Å². The molecule has 0 aliphatic heterocycles. The van der Waals surface area contributed by atoms with Crippen molar-refractivity contribution in [2.45, 2.75) is 96.5 Å². The molecule has 0 radical (unpaired) electrons. The first-order valence-corrected chi connectivity index (χ1v) is 20.2. The molecule has 2 aromatic heterocycles. The van der Waals surface area contributed by atoms with Crippen LogP contribution in [-0.4, -0.2) is 51.2 Å². The Hall–Kier alpha value is -2.19. The molecule has 4 rings (SSSR count). The first-order chi connectivity index (χ1) is 21.1. The van der Waals surface area contributed by atoms with Gasteiger partial charge in [0.1, 0.15) is 12.1 Å². The molecule has 9 nitrogen and oxygen atoms in total. The number of nitrogens with zero attached hydrogens (tertiary/aromatic N) is 2. The molecular formula is C32H45ClN4O5S2Si. The van der Waals surface area contributed by atoms with Gasteiger partial charge in [-0.3, -0.25) is 8.98 Å². The van der Waals surface area contributed by atoms with E-state index in [0.29, 0.717) is 57.2 Å². The van der Waals surface area contributed by atoms with E-state index < -0.39 is 18.6 Å². The number of thiophene rings is 1. The van der Waals surface area contributed by atoms with Crippen molar-refractivity contribution in [2.75, 3.05) is 11.9 Å². The van der Waals surface area contributed by atoms with Crippen LogP contribution >= 0.6 is 22.9 Å². The Morgan fingerprint density at radius 3 is 2.44 bits per heavy atom. The Balaban J connectivity index is 1.57. The number of ketones is 1. The molecule has 0 bridgehead atoms. The van der Waals surface area contributed by atoms with Gasteiger partial charge in [0.05, 0.1) is 23.2 Å². The van der Waals surface area contributed by atoms with Crippen LogP contribution in [0.25, 0.3) is 0 Å². The molecule has 246 valence electrons. The van der Waals surface area contributed by atoms with E-state index in [0.717, 1.165) is 16.0 Å². The highest BCUT2D eigenvalue weighted by molar-refractivity contribution is 7.84. The first kappa shape index (κ1) is 35.7. The fourth-order valence-electron chi connectivity index (χ4n) is 7.01. The third kappa shape index (κ3) is 8.59. The van der Waals surface area contributed by atoms with Gasteiger partial charge in [-0.2, -0.15) is 8.42 Å². The minimum atomic E-state index is -4.11. The Labute approximate surface area is 277 Å². The zero-order valence-electron chi connectivity index (χ0n) is 27.0. The van der Waals surface area contributed by atoms with Crippen LogP contribution in [-0.2, 0) is 25.3 Å². The number of aromatic nitrogens is 2. The monoisotopic (exact) mass is 692 g/mol. The van der Waals surface area contributed by atoms with Gasteiger partial charge in [0.15, 0.2) is 0 Å². The molecule has 0 spiro atoms. The van der Waals surface area contributed by atoms with Crippen molar-refractivity contribution in [3.63, 3.8) is 0 Å². The van der Waals surface area contributed by atoms with Gasteiger partial charge in [-0.05, 0) is 65.7 Å². The number of hydrogen-bond donors (Lipinski definition) is 2. The number of hydrogen-bond acceptors (Lipinski definition) is 9. The number of carbonyl (C=O) groups excluding carboxylic acids is 1. The summed E-state index contributed by atoms with van der Waals surface area (Å²) in [6.07, 6.45) is 4.58. The molecule has 13 heteroatoms. The first-order valence-electron chi connectivity index (χ1n) is 15.4. The molecule has 3 aromatic rings. The number of halogens is 1. The van der Waals surface area contributed by atoms with Gasteiger partial charge in [-0.25, -0.2) is 15.1 Å². The van der Waals surface area contributed by atoms with Crippen LogP contribution in [0, 0.1) is 12.8 Å². The zero-order chi connectivity index (χ0) is 33.1. The van der Waals surface area contributed by atoms with Crippen LogP contribution < -0.4 is 10.5 Å². The minimum absolute atomic E-state index is 0.0696. The summed E-state index contributed by atoms with van der Waals surface area (Å²) in [4.78, 5) is 24.2. The van der Waals surface area contributed by atoms with Crippen LogP contribution in [0.5, 0.6) is 0 Å². The third-order valence-electron chi connectivity index (χ3n) is 8.88. The lowest BCUT2D eigenvalue weighted by molar-refractivity contribution is 0.103. The van der Waals surface area contributed by atoms with Crippen LogP contribution in [0.1, 0.15) is 85.6 Å². The topological polar surface area (TPSA) is 133 Å². The van der Waals surface area contributed by atoms with E-state index in [-0.39, 0.29) is 30.5 Å². The highest BCUT2D eigenvalue weighted by Crippen LogP contribution is 2.46. The largest absolute Gasteiger partial charge is 0.413 e. The molecule has 45 heavy (non-hydrogen) atoms. The molecule has 0 amide bonds. The Morgan fingerprint density at radius 1 is 1.13 bits per heavy atom. The van der Waals surface area contributed by atoms with Crippen molar-refractivity contribution in [3.05, 3.63) is 74.3 Å². The molecule has 0 saturated heterocycles. The van der Waals surface area contributed by atoms with Crippen molar-refractivity contribution in [1.82, 2.24) is 9.97 Å². The summed E-state index contributed by atoms with van der Waals surface area (Å²) in [5, 5.41) is 9.36. The van der Waals surface area contributed by atoms with E-state index >= 15 is 0 Å². The Bertz CT molecular complexity index is 1580. The minimum Gasteiger partial charge on any atom is -0.413 e. The predicted molar refractivity (Wildman–Crippen MR) is 184 cm³/mol. The molecule has 1 aliphatic rings. The summed E-state index contributed by atoms with van der Waals surface area (Å²) in [5.41, 5.74) is 3.42. The predicted octanol–water partition coefficient (Wildman–Crippen LogP) is 7.29. The number of nitrogens with two attached hydrogens (primary N) is 1. The molecule has 1 fully saturated rings. The molecule has 1 aliphatic carbocycles. The number of nitrogens with one attached hydrogen (secondary N) is 1. The molecule has 3 atom stereocenters. The summed E-state index contributed by atoms with van der Waals surface area (Å²) in [6, 6.07) is 9.62. The van der Waals surface area contributed by atoms with E-state index in [1.807, 2.05) is 37.3 Å². The van der Waals surface area contributed by atoms with E-state index in [1.165, 1.54) is 17.7 Å². The molecule has 2 heterocycles. The van der Waals surface area contributed by atoms with Crippen molar-refractivity contribution >= 4 is 53.2 Å². The van der Waals surface area contributed by atoms with E-state index in [4.69, 9.17) is 25.3 Å². The van der Waals surface area contributed by atoms with E-state index in [1.54, 1.807) is 6.20 Å². The van der Waals surface area contributed by atoms with Gasteiger partial charge in [0, 0.05) is 34.5 Å². The maximum atomic E-state index is 13.9. The summed E-state index contributed by atoms with van der Waals surface area (Å²) in [6.45, 7) is 15.2. The van der Waals surface area contributed by atoms with Gasteiger partial charge in [-0.15, -0.1) is 11.3 Å². The van der Waals surface area contributed by atoms with Gasteiger partial charge in [-0.1, -0.05) is 65.3 Å². The Kier molecular flexibility index (Phi) is 11.7. The average molecular weight is 693 g/mol. The van der Waals surface area contributed by atoms with Crippen molar-refractivity contribution in [2.24, 2.45) is 11.1 Å². The fraction of sp³-hybridized carbons (Fsp3) is 0.531. The van der Waals surface area contributed by atoms with Crippen molar-refractivity contribution in [3.8, 4) is 0 Å².